The van der Waals surface area contributed by atoms with E-state index in [4.69, 9.17) is 9.47 Å². The first-order valence-electron chi connectivity index (χ1n) is 7.38. The summed E-state index contributed by atoms with van der Waals surface area (Å²) in [7, 11) is 0. The second kappa shape index (κ2) is 4.14. The number of rotatable bonds is 0. The summed E-state index contributed by atoms with van der Waals surface area (Å²) in [5.74, 6) is 3.70. The van der Waals surface area contributed by atoms with Crippen LogP contribution < -0.4 is 0 Å². The van der Waals surface area contributed by atoms with Gasteiger partial charge in [-0.05, 0) is 23.7 Å². The number of hydrogen-bond donors (Lipinski definition) is 0. The zero-order valence-corrected chi connectivity index (χ0v) is 11.8. The van der Waals surface area contributed by atoms with Gasteiger partial charge in [0.05, 0.1) is 0 Å². The van der Waals surface area contributed by atoms with Crippen LogP contribution in [0.4, 0.5) is 4.79 Å². The molecule has 1 saturated heterocycles. The Bertz CT molecular complexity index is 322. The maximum absolute atomic E-state index is 11.4. The first-order valence-corrected chi connectivity index (χ1v) is 7.38. The summed E-state index contributed by atoms with van der Waals surface area (Å²) in [6.07, 6.45) is 2.14. The minimum Gasteiger partial charge on any atom is -0.427 e. The van der Waals surface area contributed by atoms with E-state index >= 15 is 0 Å². The molecule has 3 aliphatic rings. The molecule has 2 aliphatic carbocycles. The molecule has 0 spiro atoms. The van der Waals surface area contributed by atoms with E-state index in [1.165, 1.54) is 12.8 Å². The molecule has 102 valence electrons. The Hall–Kier alpha value is -0.730. The fraction of sp³-hybridized carbons (Fsp3) is 0.933. The molecule has 3 nitrogen and oxygen atoms in total. The average molecular weight is 252 g/mol. The molecule has 8 atom stereocenters. The van der Waals surface area contributed by atoms with Crippen LogP contribution in [-0.4, -0.2) is 18.4 Å². The fourth-order valence-corrected chi connectivity index (χ4v) is 5.04. The summed E-state index contributed by atoms with van der Waals surface area (Å²) in [6, 6.07) is 0. The molecule has 18 heavy (non-hydrogen) atoms. The summed E-state index contributed by atoms with van der Waals surface area (Å²) in [5, 5.41) is 0. The highest BCUT2D eigenvalue weighted by atomic mass is 16.8. The van der Waals surface area contributed by atoms with E-state index < -0.39 is 6.16 Å². The molecule has 2 saturated carbocycles. The van der Waals surface area contributed by atoms with Crippen molar-refractivity contribution in [2.75, 3.05) is 0 Å². The summed E-state index contributed by atoms with van der Waals surface area (Å²) in [6.45, 7) is 9.23. The second-order valence-electron chi connectivity index (χ2n) is 6.82. The van der Waals surface area contributed by atoms with Gasteiger partial charge in [0.15, 0.2) is 0 Å². The summed E-state index contributed by atoms with van der Waals surface area (Å²) < 4.78 is 10.8. The topological polar surface area (TPSA) is 35.5 Å². The van der Waals surface area contributed by atoms with Crippen LogP contribution in [0.2, 0.25) is 0 Å². The van der Waals surface area contributed by atoms with Gasteiger partial charge in [-0.2, -0.15) is 0 Å². The number of carbonyl (C=O) groups excluding carboxylic acids is 1. The van der Waals surface area contributed by atoms with Gasteiger partial charge in [0.2, 0.25) is 0 Å². The monoisotopic (exact) mass is 252 g/mol. The number of carbonyl (C=O) groups is 1. The Morgan fingerprint density at radius 2 is 1.22 bits per heavy atom. The average Bonchev–Trinajstić information content (AvgIpc) is 2.71. The summed E-state index contributed by atoms with van der Waals surface area (Å²) in [5.41, 5.74) is 0. The van der Waals surface area contributed by atoms with E-state index in [0.717, 1.165) is 11.8 Å². The third-order valence-corrected chi connectivity index (χ3v) is 5.88. The molecular formula is C15H24O3. The molecule has 3 heteroatoms. The van der Waals surface area contributed by atoms with Crippen molar-refractivity contribution in [1.29, 1.82) is 0 Å². The van der Waals surface area contributed by atoms with Crippen LogP contribution in [0.15, 0.2) is 0 Å². The van der Waals surface area contributed by atoms with Crippen LogP contribution >= 0.6 is 0 Å². The quantitative estimate of drug-likeness (QED) is 0.619. The Kier molecular flexibility index (Phi) is 2.83. The van der Waals surface area contributed by atoms with Gasteiger partial charge in [0, 0.05) is 11.8 Å². The molecule has 0 bridgehead atoms. The molecule has 0 radical (unpaired) electrons. The van der Waals surface area contributed by atoms with Crippen LogP contribution in [-0.2, 0) is 9.47 Å². The van der Waals surface area contributed by atoms with E-state index in [2.05, 4.69) is 27.7 Å². The second-order valence-corrected chi connectivity index (χ2v) is 6.82. The highest BCUT2D eigenvalue weighted by Gasteiger charge is 2.57. The molecule has 0 N–H and O–H groups in total. The van der Waals surface area contributed by atoms with E-state index in [9.17, 15) is 4.79 Å². The zero-order valence-electron chi connectivity index (χ0n) is 11.8. The van der Waals surface area contributed by atoms with Crippen molar-refractivity contribution in [2.45, 2.75) is 52.7 Å². The molecule has 3 fully saturated rings. The highest BCUT2D eigenvalue weighted by Crippen LogP contribution is 2.53. The van der Waals surface area contributed by atoms with Crippen molar-refractivity contribution < 1.29 is 14.3 Å². The van der Waals surface area contributed by atoms with Gasteiger partial charge >= 0.3 is 6.16 Å². The van der Waals surface area contributed by atoms with Gasteiger partial charge in [0.25, 0.3) is 0 Å². The smallest absolute Gasteiger partial charge is 0.427 e. The van der Waals surface area contributed by atoms with Crippen LogP contribution in [0.5, 0.6) is 0 Å². The van der Waals surface area contributed by atoms with Crippen molar-refractivity contribution in [3.63, 3.8) is 0 Å². The first kappa shape index (κ1) is 12.3. The largest absolute Gasteiger partial charge is 0.509 e. The van der Waals surface area contributed by atoms with Gasteiger partial charge in [-0.25, -0.2) is 4.79 Å². The van der Waals surface area contributed by atoms with Crippen molar-refractivity contribution in [3.05, 3.63) is 0 Å². The van der Waals surface area contributed by atoms with Gasteiger partial charge in [0.1, 0.15) is 12.2 Å². The predicted molar refractivity (Wildman–Crippen MR) is 68.0 cm³/mol. The molecule has 0 amide bonds. The Labute approximate surface area is 109 Å². The van der Waals surface area contributed by atoms with Crippen LogP contribution in [0, 0.1) is 35.5 Å². The maximum atomic E-state index is 11.4. The van der Waals surface area contributed by atoms with E-state index in [1.807, 2.05) is 0 Å². The Morgan fingerprint density at radius 3 is 1.61 bits per heavy atom. The van der Waals surface area contributed by atoms with Gasteiger partial charge in [-0.3, -0.25) is 0 Å². The molecule has 3 rings (SSSR count). The van der Waals surface area contributed by atoms with E-state index in [0.29, 0.717) is 23.7 Å². The lowest BCUT2D eigenvalue weighted by atomic mass is 9.54. The fourth-order valence-electron chi connectivity index (χ4n) is 5.04. The lowest BCUT2D eigenvalue weighted by molar-refractivity contribution is -0.0994. The number of hydrogen-bond acceptors (Lipinski definition) is 3. The van der Waals surface area contributed by atoms with Crippen molar-refractivity contribution in [2.24, 2.45) is 35.5 Å². The standard InChI is InChI=1S/C15H24O3/c1-7-5-6-8(2)12-10(4)14-13(9(3)11(7)12)17-15(16)18-14/h7-14H,5-6H2,1-4H3. The zero-order chi connectivity index (χ0) is 13.0. The van der Waals surface area contributed by atoms with Gasteiger partial charge in [-0.15, -0.1) is 0 Å². The van der Waals surface area contributed by atoms with E-state index in [1.54, 1.807) is 0 Å². The molecule has 0 aromatic carbocycles. The van der Waals surface area contributed by atoms with Crippen molar-refractivity contribution in [1.82, 2.24) is 0 Å². The summed E-state index contributed by atoms with van der Waals surface area (Å²) >= 11 is 0. The van der Waals surface area contributed by atoms with E-state index in [-0.39, 0.29) is 12.2 Å². The number of fused-ring (bicyclic) bond motifs is 2. The van der Waals surface area contributed by atoms with Crippen LogP contribution in [0.25, 0.3) is 0 Å². The first-order chi connectivity index (χ1) is 8.50. The van der Waals surface area contributed by atoms with Gasteiger partial charge in [-0.1, -0.05) is 40.5 Å². The molecule has 0 aromatic rings. The predicted octanol–water partition coefficient (Wildman–Crippen LogP) is 3.47. The van der Waals surface area contributed by atoms with Crippen molar-refractivity contribution in [3.8, 4) is 0 Å². The Morgan fingerprint density at radius 1 is 0.833 bits per heavy atom. The normalized spacial score (nSPS) is 55.2. The maximum Gasteiger partial charge on any atom is 0.509 e. The lowest BCUT2D eigenvalue weighted by Gasteiger charge is -2.52. The molecule has 1 heterocycles. The molecular weight excluding hydrogens is 228 g/mol. The minimum absolute atomic E-state index is 0.0125. The third-order valence-electron chi connectivity index (χ3n) is 5.88. The SMILES string of the molecule is CC1CCC(C)C2C(C)C3OC(=O)OC3C(C)C12. The Balaban J connectivity index is 1.94. The molecule has 1 aliphatic heterocycles. The van der Waals surface area contributed by atoms with Crippen LogP contribution in [0.3, 0.4) is 0 Å². The minimum atomic E-state index is -0.456. The number of ether oxygens (including phenoxy) is 2. The molecule has 0 aromatic heterocycles. The third kappa shape index (κ3) is 1.59. The molecule has 8 unspecified atom stereocenters. The van der Waals surface area contributed by atoms with Crippen LogP contribution in [0.1, 0.15) is 40.5 Å². The van der Waals surface area contributed by atoms with Gasteiger partial charge < -0.3 is 9.47 Å². The van der Waals surface area contributed by atoms with Crippen molar-refractivity contribution >= 4 is 6.16 Å². The summed E-state index contributed by atoms with van der Waals surface area (Å²) in [4.78, 5) is 11.4. The lowest BCUT2D eigenvalue weighted by Crippen LogP contribution is -2.54. The highest BCUT2D eigenvalue weighted by molar-refractivity contribution is 5.62.